The summed E-state index contributed by atoms with van der Waals surface area (Å²) in [6, 6.07) is 11.2. The third kappa shape index (κ3) is 8.22. The first-order valence-corrected chi connectivity index (χ1v) is 14.9. The fraction of sp³-hybridized carbons (Fsp3) is 0.393. The number of morpholine rings is 1. The van der Waals surface area contributed by atoms with Crippen molar-refractivity contribution >= 4 is 58.4 Å². The highest BCUT2D eigenvalue weighted by atomic mass is 35.5. The average Bonchev–Trinajstić information content (AvgIpc) is 3.31. The average molecular weight is 620 g/mol. The van der Waals surface area contributed by atoms with Gasteiger partial charge in [0.05, 0.1) is 35.6 Å². The molecule has 41 heavy (non-hydrogen) atoms. The third-order valence-corrected chi connectivity index (χ3v) is 7.96. The van der Waals surface area contributed by atoms with Crippen LogP contribution in [0.2, 0.25) is 10.0 Å². The molecule has 4 rings (SSSR count). The fourth-order valence-electron chi connectivity index (χ4n) is 4.37. The van der Waals surface area contributed by atoms with Gasteiger partial charge in [-0.3, -0.25) is 14.4 Å². The molecule has 0 spiro atoms. The van der Waals surface area contributed by atoms with Gasteiger partial charge >= 0.3 is 0 Å². The number of halogens is 2. The number of aromatic nitrogens is 3. The summed E-state index contributed by atoms with van der Waals surface area (Å²) >= 11 is 13.4. The molecule has 2 heterocycles. The molecule has 0 bridgehead atoms. The van der Waals surface area contributed by atoms with E-state index in [1.807, 2.05) is 13.8 Å². The maximum atomic E-state index is 13.0. The first-order chi connectivity index (χ1) is 19.6. The Hall–Kier alpha value is -3.12. The van der Waals surface area contributed by atoms with E-state index >= 15 is 0 Å². The van der Waals surface area contributed by atoms with Crippen LogP contribution in [0.25, 0.3) is 0 Å². The first kappa shape index (κ1) is 30.8. The Morgan fingerprint density at radius 3 is 2.54 bits per heavy atom. The monoisotopic (exact) mass is 618 g/mol. The van der Waals surface area contributed by atoms with Crippen molar-refractivity contribution in [2.75, 3.05) is 37.4 Å². The molecule has 3 amide bonds. The number of amides is 3. The molecule has 1 atom stereocenters. The summed E-state index contributed by atoms with van der Waals surface area (Å²) in [5, 5.41) is 15.7. The number of nitrogens with zero attached hydrogens (tertiary/aromatic N) is 4. The van der Waals surface area contributed by atoms with Gasteiger partial charge in [-0.05, 0) is 48.7 Å². The number of ether oxygens (including phenoxy) is 1. The van der Waals surface area contributed by atoms with Gasteiger partial charge in [0.15, 0.2) is 11.0 Å². The van der Waals surface area contributed by atoms with Crippen molar-refractivity contribution < 1.29 is 19.1 Å². The van der Waals surface area contributed by atoms with Crippen LogP contribution in [0.15, 0.2) is 47.6 Å². The van der Waals surface area contributed by atoms with Gasteiger partial charge in [-0.2, -0.15) is 0 Å². The van der Waals surface area contributed by atoms with Gasteiger partial charge in [-0.25, -0.2) is 0 Å². The minimum Gasteiger partial charge on any atom is -0.378 e. The van der Waals surface area contributed by atoms with Crippen LogP contribution < -0.4 is 10.6 Å². The van der Waals surface area contributed by atoms with Crippen LogP contribution in [0.5, 0.6) is 0 Å². The predicted molar refractivity (Wildman–Crippen MR) is 160 cm³/mol. The second kappa shape index (κ2) is 14.2. The van der Waals surface area contributed by atoms with Crippen molar-refractivity contribution in [1.82, 2.24) is 25.0 Å². The van der Waals surface area contributed by atoms with Crippen LogP contribution in [-0.2, 0) is 16.6 Å². The lowest BCUT2D eigenvalue weighted by molar-refractivity contribution is -0.113. The van der Waals surface area contributed by atoms with Crippen molar-refractivity contribution in [2.24, 2.45) is 13.0 Å². The molecular formula is C28H32Cl2N6O4S. The van der Waals surface area contributed by atoms with Crippen LogP contribution in [0.3, 0.4) is 0 Å². The number of hydrogen-bond acceptors (Lipinski definition) is 7. The molecule has 1 aliphatic heterocycles. The summed E-state index contributed by atoms with van der Waals surface area (Å²) in [7, 11) is 1.80. The minimum absolute atomic E-state index is 0.0786. The first-order valence-electron chi connectivity index (χ1n) is 13.2. The second-order valence-electron chi connectivity index (χ2n) is 10.0. The predicted octanol–water partition coefficient (Wildman–Crippen LogP) is 4.84. The molecule has 1 aromatic heterocycles. The smallest absolute Gasteiger partial charge is 0.254 e. The molecule has 1 fully saturated rings. The SMILES string of the molecule is CC(C)C[C@H](NC(=O)c1ccc(Cl)cc1Cl)c1nnc(SCC(=O)Nc2cccc(C(=O)N3CCOCC3)c2)n1C. The molecule has 0 saturated carbocycles. The lowest BCUT2D eigenvalue weighted by atomic mass is 10.0. The fourth-order valence-corrected chi connectivity index (χ4v) is 5.58. The van der Waals surface area contributed by atoms with Crippen molar-refractivity contribution in [3.05, 3.63) is 69.5 Å². The van der Waals surface area contributed by atoms with E-state index in [1.165, 1.54) is 17.8 Å². The van der Waals surface area contributed by atoms with Gasteiger partial charge in [0, 0.05) is 36.4 Å². The van der Waals surface area contributed by atoms with E-state index in [2.05, 4.69) is 20.8 Å². The van der Waals surface area contributed by atoms with E-state index in [4.69, 9.17) is 27.9 Å². The van der Waals surface area contributed by atoms with E-state index in [1.54, 1.807) is 52.9 Å². The van der Waals surface area contributed by atoms with Crippen molar-refractivity contribution in [3.8, 4) is 0 Å². The number of carbonyl (C=O) groups excluding carboxylic acids is 3. The quantitative estimate of drug-likeness (QED) is 0.312. The van der Waals surface area contributed by atoms with Gasteiger partial charge in [0.25, 0.3) is 11.8 Å². The minimum atomic E-state index is -0.429. The summed E-state index contributed by atoms with van der Waals surface area (Å²) in [6.45, 7) is 6.22. The summed E-state index contributed by atoms with van der Waals surface area (Å²) in [4.78, 5) is 40.3. The molecule has 10 nitrogen and oxygen atoms in total. The number of hydrogen-bond donors (Lipinski definition) is 2. The summed E-state index contributed by atoms with van der Waals surface area (Å²) in [5.74, 6) is 0.213. The lowest BCUT2D eigenvalue weighted by Crippen LogP contribution is -2.40. The number of thioether (sulfide) groups is 1. The molecule has 218 valence electrons. The highest BCUT2D eigenvalue weighted by Crippen LogP contribution is 2.26. The summed E-state index contributed by atoms with van der Waals surface area (Å²) < 4.78 is 7.09. The van der Waals surface area contributed by atoms with Crippen LogP contribution in [0, 0.1) is 5.92 Å². The Morgan fingerprint density at radius 1 is 1.07 bits per heavy atom. The van der Waals surface area contributed by atoms with Gasteiger partial charge < -0.3 is 24.8 Å². The summed E-state index contributed by atoms with van der Waals surface area (Å²) in [5.41, 5.74) is 1.36. The van der Waals surface area contributed by atoms with E-state index in [-0.39, 0.29) is 34.4 Å². The van der Waals surface area contributed by atoms with E-state index in [0.717, 1.165) is 0 Å². The molecule has 0 unspecified atom stereocenters. The van der Waals surface area contributed by atoms with Crippen molar-refractivity contribution in [2.45, 2.75) is 31.5 Å². The van der Waals surface area contributed by atoms with E-state index < -0.39 is 6.04 Å². The Balaban J connectivity index is 1.38. The molecule has 1 saturated heterocycles. The molecule has 2 N–H and O–H groups in total. The number of nitrogens with one attached hydrogen (secondary N) is 2. The maximum absolute atomic E-state index is 13.0. The van der Waals surface area contributed by atoms with Gasteiger partial charge in [0.1, 0.15) is 0 Å². The Morgan fingerprint density at radius 2 is 1.83 bits per heavy atom. The number of benzene rings is 2. The Kier molecular flexibility index (Phi) is 10.7. The number of anilines is 1. The van der Waals surface area contributed by atoms with Crippen LogP contribution >= 0.6 is 35.0 Å². The molecular weight excluding hydrogens is 587 g/mol. The zero-order valence-electron chi connectivity index (χ0n) is 23.0. The van der Waals surface area contributed by atoms with Crippen LogP contribution in [0.1, 0.15) is 52.9 Å². The molecule has 13 heteroatoms. The van der Waals surface area contributed by atoms with E-state index in [9.17, 15) is 14.4 Å². The van der Waals surface area contributed by atoms with Gasteiger partial charge in [-0.1, -0.05) is 54.9 Å². The Labute approximate surface area is 253 Å². The maximum Gasteiger partial charge on any atom is 0.254 e. The van der Waals surface area contributed by atoms with Gasteiger partial charge in [-0.15, -0.1) is 10.2 Å². The zero-order valence-corrected chi connectivity index (χ0v) is 25.4. The number of rotatable bonds is 10. The van der Waals surface area contributed by atoms with Crippen molar-refractivity contribution in [1.29, 1.82) is 0 Å². The highest BCUT2D eigenvalue weighted by molar-refractivity contribution is 7.99. The Bertz CT molecular complexity index is 1410. The van der Waals surface area contributed by atoms with E-state index in [0.29, 0.717) is 65.5 Å². The lowest BCUT2D eigenvalue weighted by Gasteiger charge is -2.27. The van der Waals surface area contributed by atoms with Gasteiger partial charge in [0.2, 0.25) is 5.91 Å². The summed E-state index contributed by atoms with van der Waals surface area (Å²) in [6.07, 6.45) is 0.619. The molecule has 0 aliphatic carbocycles. The van der Waals surface area contributed by atoms with Crippen LogP contribution in [0.4, 0.5) is 5.69 Å². The standard InChI is InChI=1S/C28H32Cl2N6O4S/c1-17(2)13-23(32-26(38)21-8-7-19(29)15-22(21)30)25-33-34-28(35(25)3)41-16-24(37)31-20-6-4-5-18(14-20)27(39)36-9-11-40-12-10-36/h4-8,14-15,17,23H,9-13,16H2,1-3H3,(H,31,37)(H,32,38)/t23-/m0/s1. The number of carbonyl (C=O) groups is 3. The molecule has 1 aliphatic rings. The molecule has 3 aromatic rings. The molecule has 0 radical (unpaired) electrons. The topological polar surface area (TPSA) is 118 Å². The second-order valence-corrected chi connectivity index (χ2v) is 11.8. The normalized spacial score (nSPS) is 14.1. The van der Waals surface area contributed by atoms with Crippen molar-refractivity contribution in [3.63, 3.8) is 0 Å². The third-order valence-electron chi connectivity index (χ3n) is 6.39. The highest BCUT2D eigenvalue weighted by Gasteiger charge is 2.25. The molecule has 2 aromatic carbocycles. The largest absolute Gasteiger partial charge is 0.378 e. The zero-order chi connectivity index (χ0) is 29.5. The van der Waals surface area contributed by atoms with Crippen LogP contribution in [-0.4, -0.2) is 69.4 Å².